The Bertz CT molecular complexity index is 570. The fraction of sp³-hybridized carbons (Fsp3) is 0.500. The summed E-state index contributed by atoms with van der Waals surface area (Å²) in [6.45, 7) is 1.92. The van der Waals surface area contributed by atoms with Crippen molar-refractivity contribution in [2.75, 3.05) is 7.11 Å². The molecule has 0 aliphatic carbocycles. The molecule has 0 amide bonds. The molecule has 2 N–H and O–H groups in total. The Morgan fingerprint density at radius 2 is 2.14 bits per heavy atom. The van der Waals surface area contributed by atoms with Crippen molar-refractivity contribution in [2.45, 2.75) is 38.0 Å². The largest absolute Gasteiger partial charge is 0.497 e. The fourth-order valence-electron chi connectivity index (χ4n) is 1.88. The van der Waals surface area contributed by atoms with E-state index in [4.69, 9.17) is 9.84 Å². The molecule has 118 valence electrons. The highest BCUT2D eigenvalue weighted by Crippen LogP contribution is 2.15. The molecule has 0 saturated carbocycles. The van der Waals surface area contributed by atoms with E-state index in [1.54, 1.807) is 24.3 Å². The second-order valence-corrected chi connectivity index (χ2v) is 6.52. The molecule has 0 fully saturated rings. The van der Waals surface area contributed by atoms with Crippen LogP contribution in [0.15, 0.2) is 24.3 Å². The van der Waals surface area contributed by atoms with Crippen molar-refractivity contribution in [2.24, 2.45) is 0 Å². The first kappa shape index (κ1) is 17.5. The summed E-state index contributed by atoms with van der Waals surface area (Å²) in [5.74, 6) is -0.874. The number of carboxylic acids is 1. The van der Waals surface area contributed by atoms with E-state index in [2.05, 4.69) is 4.72 Å². The summed E-state index contributed by atoms with van der Waals surface area (Å²) in [4.78, 5) is 11.1. The first-order valence-electron chi connectivity index (χ1n) is 6.73. The van der Waals surface area contributed by atoms with E-state index in [9.17, 15) is 13.2 Å². The third kappa shape index (κ3) is 6.14. The molecule has 1 aromatic rings. The van der Waals surface area contributed by atoms with Gasteiger partial charge in [-0.15, -0.1) is 0 Å². The number of hydrogen-bond acceptors (Lipinski definition) is 4. The number of carboxylic acid groups (broad SMARTS) is 1. The molecule has 1 atom stereocenters. The smallest absolute Gasteiger partial charge is 0.321 e. The van der Waals surface area contributed by atoms with E-state index in [0.717, 1.165) is 6.42 Å². The zero-order valence-electron chi connectivity index (χ0n) is 12.2. The molecular weight excluding hydrogens is 294 g/mol. The predicted molar refractivity (Wildman–Crippen MR) is 79.7 cm³/mol. The number of methoxy groups -OCH3 is 1. The Morgan fingerprint density at radius 3 is 2.71 bits per heavy atom. The van der Waals surface area contributed by atoms with Gasteiger partial charge in [-0.1, -0.05) is 31.9 Å². The van der Waals surface area contributed by atoms with Crippen LogP contribution < -0.4 is 9.46 Å². The summed E-state index contributed by atoms with van der Waals surface area (Å²) in [7, 11) is -2.22. The van der Waals surface area contributed by atoms with Gasteiger partial charge in [0.1, 0.15) is 11.8 Å². The van der Waals surface area contributed by atoms with Crippen molar-refractivity contribution in [3.8, 4) is 5.75 Å². The van der Waals surface area contributed by atoms with Gasteiger partial charge in [-0.05, 0) is 24.1 Å². The van der Waals surface area contributed by atoms with Gasteiger partial charge in [-0.2, -0.15) is 0 Å². The third-order valence-electron chi connectivity index (χ3n) is 2.96. The molecule has 6 nitrogen and oxygen atoms in total. The number of hydrogen-bond donors (Lipinski definition) is 2. The highest BCUT2D eigenvalue weighted by Gasteiger charge is 2.23. The highest BCUT2D eigenvalue weighted by molar-refractivity contribution is 7.88. The molecule has 7 heteroatoms. The lowest BCUT2D eigenvalue weighted by Gasteiger charge is -2.14. The molecule has 1 aromatic carbocycles. The highest BCUT2D eigenvalue weighted by atomic mass is 32.2. The molecule has 0 heterocycles. The molecule has 1 rings (SSSR count). The molecule has 0 aliphatic heterocycles. The Morgan fingerprint density at radius 1 is 1.43 bits per heavy atom. The van der Waals surface area contributed by atoms with Crippen LogP contribution in [-0.2, 0) is 20.6 Å². The second kappa shape index (κ2) is 7.99. The van der Waals surface area contributed by atoms with Gasteiger partial charge in [0, 0.05) is 0 Å². The minimum atomic E-state index is -3.72. The fourth-order valence-corrected chi connectivity index (χ4v) is 3.24. The van der Waals surface area contributed by atoms with Crippen LogP contribution in [0.2, 0.25) is 0 Å². The van der Waals surface area contributed by atoms with Gasteiger partial charge in [-0.25, -0.2) is 13.1 Å². The molecule has 0 aliphatic rings. The third-order valence-corrected chi connectivity index (χ3v) is 4.31. The number of rotatable bonds is 9. The van der Waals surface area contributed by atoms with Gasteiger partial charge in [0.15, 0.2) is 0 Å². The van der Waals surface area contributed by atoms with Crippen LogP contribution in [0.25, 0.3) is 0 Å². The lowest BCUT2D eigenvalue weighted by molar-refractivity contribution is -0.139. The molecule has 21 heavy (non-hydrogen) atoms. The van der Waals surface area contributed by atoms with E-state index in [0.29, 0.717) is 17.7 Å². The minimum absolute atomic E-state index is 0.278. The molecule has 0 aromatic heterocycles. The number of carbonyl (C=O) groups is 1. The molecule has 0 saturated heterocycles. The molecule has 0 radical (unpaired) electrons. The van der Waals surface area contributed by atoms with E-state index in [-0.39, 0.29) is 12.2 Å². The average molecular weight is 315 g/mol. The van der Waals surface area contributed by atoms with Gasteiger partial charge < -0.3 is 9.84 Å². The van der Waals surface area contributed by atoms with E-state index >= 15 is 0 Å². The molecule has 0 bridgehead atoms. The topological polar surface area (TPSA) is 92.7 Å². The monoisotopic (exact) mass is 315 g/mol. The van der Waals surface area contributed by atoms with Crippen molar-refractivity contribution in [1.29, 1.82) is 0 Å². The van der Waals surface area contributed by atoms with Crippen LogP contribution in [-0.4, -0.2) is 32.6 Å². The van der Waals surface area contributed by atoms with Crippen molar-refractivity contribution in [3.05, 3.63) is 29.8 Å². The Balaban J connectivity index is 2.77. The van der Waals surface area contributed by atoms with E-state index < -0.39 is 22.0 Å². The summed E-state index contributed by atoms with van der Waals surface area (Å²) in [6, 6.07) is 5.59. The minimum Gasteiger partial charge on any atom is -0.497 e. The van der Waals surface area contributed by atoms with Crippen molar-refractivity contribution in [3.63, 3.8) is 0 Å². The second-order valence-electron chi connectivity index (χ2n) is 4.76. The lowest BCUT2D eigenvalue weighted by atomic mass is 10.1. The van der Waals surface area contributed by atoms with Crippen LogP contribution in [0, 0.1) is 0 Å². The first-order chi connectivity index (χ1) is 9.88. The normalized spacial score (nSPS) is 12.9. The summed E-state index contributed by atoms with van der Waals surface area (Å²) < 4.78 is 31.4. The number of unbranched alkanes of at least 4 members (excludes halogenated alkanes) is 1. The van der Waals surface area contributed by atoms with Crippen molar-refractivity contribution in [1.82, 2.24) is 4.72 Å². The number of aliphatic carboxylic acids is 1. The lowest BCUT2D eigenvalue weighted by Crippen LogP contribution is -2.41. The van der Waals surface area contributed by atoms with Gasteiger partial charge >= 0.3 is 5.97 Å². The molecule has 0 spiro atoms. The average Bonchev–Trinajstić information content (AvgIpc) is 2.42. The quantitative estimate of drug-likeness (QED) is 0.724. The maximum Gasteiger partial charge on any atom is 0.321 e. The maximum atomic E-state index is 12.1. The summed E-state index contributed by atoms with van der Waals surface area (Å²) in [5, 5.41) is 9.06. The Labute approximate surface area is 125 Å². The zero-order chi connectivity index (χ0) is 15.9. The SMILES string of the molecule is CCCCC(NS(=O)(=O)Cc1cccc(OC)c1)C(=O)O. The molecular formula is C14H21NO5S. The number of sulfonamides is 1. The maximum absolute atomic E-state index is 12.1. The van der Waals surface area contributed by atoms with Gasteiger partial charge in [-0.3, -0.25) is 4.79 Å². The van der Waals surface area contributed by atoms with E-state index in [1.165, 1.54) is 7.11 Å². The standard InChI is InChI=1S/C14H21NO5S/c1-3-4-8-13(14(16)17)15-21(18,19)10-11-6-5-7-12(9-11)20-2/h5-7,9,13,15H,3-4,8,10H2,1-2H3,(H,16,17). The van der Waals surface area contributed by atoms with Crippen LogP contribution in [0.1, 0.15) is 31.7 Å². The summed E-state index contributed by atoms with van der Waals surface area (Å²) >= 11 is 0. The number of nitrogens with one attached hydrogen (secondary N) is 1. The van der Waals surface area contributed by atoms with Crippen molar-refractivity contribution < 1.29 is 23.1 Å². The predicted octanol–water partition coefficient (Wildman–Crippen LogP) is 1.76. The van der Waals surface area contributed by atoms with Gasteiger partial charge in [0.25, 0.3) is 0 Å². The van der Waals surface area contributed by atoms with Crippen LogP contribution in [0.3, 0.4) is 0 Å². The summed E-state index contributed by atoms with van der Waals surface area (Å²) in [6.07, 6.45) is 1.74. The van der Waals surface area contributed by atoms with Gasteiger partial charge in [0.05, 0.1) is 12.9 Å². The zero-order valence-corrected chi connectivity index (χ0v) is 13.0. The molecule has 1 unspecified atom stereocenters. The van der Waals surface area contributed by atoms with Crippen LogP contribution >= 0.6 is 0 Å². The first-order valence-corrected chi connectivity index (χ1v) is 8.39. The van der Waals surface area contributed by atoms with Crippen molar-refractivity contribution >= 4 is 16.0 Å². The van der Waals surface area contributed by atoms with Gasteiger partial charge in [0.2, 0.25) is 10.0 Å². The number of benzene rings is 1. The van der Waals surface area contributed by atoms with Crippen LogP contribution in [0.4, 0.5) is 0 Å². The Kier molecular flexibility index (Phi) is 6.64. The Hall–Kier alpha value is -1.60. The van der Waals surface area contributed by atoms with Crippen LogP contribution in [0.5, 0.6) is 5.75 Å². The summed E-state index contributed by atoms with van der Waals surface area (Å²) in [5.41, 5.74) is 0.543. The number of ether oxygens (including phenoxy) is 1. The van der Waals surface area contributed by atoms with E-state index in [1.807, 2.05) is 6.92 Å².